The summed E-state index contributed by atoms with van der Waals surface area (Å²) in [4.78, 5) is 205. The Balaban J connectivity index is 0.000000130. The number of phenols is 1. The number of aryl methyl sites for hydroxylation is 1. The lowest BCUT2D eigenvalue weighted by molar-refractivity contribution is -0.124. The highest BCUT2D eigenvalue weighted by atomic mass is 32.1. The van der Waals surface area contributed by atoms with Gasteiger partial charge in [0.15, 0.2) is 5.78 Å². The van der Waals surface area contributed by atoms with Crippen molar-refractivity contribution in [3.05, 3.63) is 277 Å². The van der Waals surface area contributed by atoms with Crippen LogP contribution < -0.4 is 77.4 Å². The third-order valence-corrected chi connectivity index (χ3v) is 26.7. The number of carbonyl (C=O) groups is 16. The fourth-order valence-corrected chi connectivity index (χ4v) is 18.5. The zero-order valence-electron chi connectivity index (χ0n) is 77.3. The number of aromatic hydroxyl groups is 1. The summed E-state index contributed by atoms with van der Waals surface area (Å²) in [5.74, 6) is 21.6. The summed E-state index contributed by atoms with van der Waals surface area (Å²) >= 11 is 5.39. The van der Waals surface area contributed by atoms with Crippen LogP contribution in [0.3, 0.4) is 0 Å². The normalized spacial score (nSPS) is 22.6. The van der Waals surface area contributed by atoms with Gasteiger partial charge < -0.3 is 80.9 Å². The molecular weight excluding hydrogens is 1840 g/mol. The van der Waals surface area contributed by atoms with Crippen molar-refractivity contribution < 1.29 is 101 Å². The van der Waals surface area contributed by atoms with Gasteiger partial charge in [0.25, 0.3) is 47.3 Å². The van der Waals surface area contributed by atoms with E-state index in [1.165, 1.54) is 48.0 Å². The maximum atomic E-state index is 13.1. The van der Waals surface area contributed by atoms with Crippen LogP contribution in [0.15, 0.2) is 188 Å². The fraction of sp³-hybridized carbons (Fsp3) is 0.248. The van der Waals surface area contributed by atoms with Crippen molar-refractivity contribution >= 4 is 112 Å². The molecule has 142 heavy (non-hydrogen) atoms. The smallest absolute Gasteiger partial charge is 0.323 e. The molecule has 20 rings (SSSR count). The predicted molar refractivity (Wildman–Crippen MR) is 512 cm³/mol. The van der Waals surface area contributed by atoms with E-state index in [-0.39, 0.29) is 111 Å². The van der Waals surface area contributed by atoms with Crippen molar-refractivity contribution in [1.82, 2.24) is 78.1 Å². The molecule has 0 aliphatic carbocycles. The van der Waals surface area contributed by atoms with E-state index in [0.717, 1.165) is 50.9 Å². The van der Waals surface area contributed by atoms with E-state index in [4.69, 9.17) is 31.2 Å². The first-order valence-corrected chi connectivity index (χ1v) is 45.0. The van der Waals surface area contributed by atoms with Crippen molar-refractivity contribution in [3.8, 4) is 87.2 Å². The van der Waals surface area contributed by atoms with E-state index >= 15 is 0 Å². The summed E-state index contributed by atoms with van der Waals surface area (Å²) in [6.07, 6.45) is 1.30. The summed E-state index contributed by atoms with van der Waals surface area (Å²) in [7, 11) is 6.08. The van der Waals surface area contributed by atoms with Gasteiger partial charge in [0.2, 0.25) is 39.9 Å². The minimum Gasteiger partial charge on any atom is -0.507 e. The van der Waals surface area contributed by atoms with Gasteiger partial charge in [-0.25, -0.2) is 19.2 Å². The molecule has 0 bridgehead atoms. The molecule has 19 amide bonds. The summed E-state index contributed by atoms with van der Waals surface area (Å²) < 4.78 is 20.8. The quantitative estimate of drug-likeness (QED) is 0.0223. The van der Waals surface area contributed by atoms with E-state index in [1.54, 1.807) is 141 Å². The van der Waals surface area contributed by atoms with E-state index in [9.17, 15) is 81.8 Å². The molecule has 12 N–H and O–H groups in total. The van der Waals surface area contributed by atoms with Crippen LogP contribution in [0, 0.1) is 54.3 Å². The summed E-state index contributed by atoms with van der Waals surface area (Å²) in [5, 5.41) is 37.9. The SMILES string of the molecule is COc1ccc2c(c1)C(=O)N(C[C@@]1(C#Cc3ccc(-c4ccccc4O)cc3)NC(=O)NC1=O)C2.COc1ccc2c(c1)C(=O)N(C[C@@]1(C#Cc3ccc(C4(C)NC(=O)CC4=O)cc3C)NC(=O)NC1=O)C2.COc1ccc2c(c1)C(=O)N(C[C@@]1(C#Cc3ccc(C4(C)NC(=O)CC4=S)cc3)NC(=O)NC1=O)C2.COc1ccc2c(c1)C(=O)N(C[C@@]1(C#Cc3ccc([C@H]4CCC(=O)N4)cc3)NC(=O)NC1=O)C2. The number of methoxy groups -OCH3 is 4. The monoisotopic (exact) mass is 1930 g/mol. The lowest BCUT2D eigenvalue weighted by Crippen LogP contribution is -2.54. The van der Waals surface area contributed by atoms with E-state index in [0.29, 0.717) is 103 Å². The fourth-order valence-electron chi connectivity index (χ4n) is 18.2. The average Bonchev–Trinajstić information content (AvgIpc) is 1.62. The molecule has 11 aliphatic heterocycles. The maximum absolute atomic E-state index is 13.1. The van der Waals surface area contributed by atoms with Crippen molar-refractivity contribution in [2.75, 3.05) is 54.6 Å². The predicted octanol–water partition coefficient (Wildman–Crippen LogP) is 6.16. The van der Waals surface area contributed by atoms with E-state index in [2.05, 4.69) is 106 Å². The number of carbonyl (C=O) groups excluding carboxylic acids is 16. The highest BCUT2D eigenvalue weighted by Crippen LogP contribution is 2.38. The third kappa shape index (κ3) is 19.0. The summed E-state index contributed by atoms with van der Waals surface area (Å²) in [6.45, 7) is 5.97. The molecule has 9 aromatic carbocycles. The molecule has 11 heterocycles. The van der Waals surface area contributed by atoms with Gasteiger partial charge in [-0.05, 0) is 174 Å². The topological polar surface area (TPSA) is 476 Å². The van der Waals surface area contributed by atoms with Crippen LogP contribution in [-0.2, 0) is 75.6 Å². The van der Waals surface area contributed by atoms with Gasteiger partial charge in [0.05, 0.1) is 79.0 Å². The zero-order valence-corrected chi connectivity index (χ0v) is 78.1. The number of imide groups is 4. The van der Waals surface area contributed by atoms with Crippen LogP contribution in [0.25, 0.3) is 11.1 Å². The summed E-state index contributed by atoms with van der Waals surface area (Å²) in [6, 6.07) is 52.1. The van der Waals surface area contributed by atoms with Gasteiger partial charge in [-0.15, -0.1) is 0 Å². The van der Waals surface area contributed by atoms with Crippen molar-refractivity contribution in [2.24, 2.45) is 0 Å². The number of Topliss-reactive ketones (excluding diaryl/α,β-unsaturated/α-hetero) is 1. The second-order valence-corrected chi connectivity index (χ2v) is 36.0. The van der Waals surface area contributed by atoms with Crippen LogP contribution in [0.5, 0.6) is 28.7 Å². The lowest BCUT2D eigenvalue weighted by Gasteiger charge is -2.26. The number of ether oxygens (including phenoxy) is 4. The molecule has 11 aliphatic rings. The number of fused-ring (bicyclic) bond motifs is 4. The molecule has 7 atom stereocenters. The number of rotatable bonds is 16. The number of ketones is 1. The highest BCUT2D eigenvalue weighted by Gasteiger charge is 2.54. The third-order valence-electron chi connectivity index (χ3n) is 26.1. The van der Waals surface area contributed by atoms with Gasteiger partial charge in [-0.1, -0.05) is 151 Å². The standard InChI is InChI=1S/C27H24N4O6.C27H21N3O5.C26H22N4O5S.C25H22N4O5/c1-15-10-18(26(2)21(32)12-22(33)29-26)6-4-16(15)8-9-27(24(35)28-25(36)30-27)14-31-13-17-5-7-19(37-3)11-20(17)23(31)34;1-35-20-11-10-19-15-30(24(32)22(19)14-20)16-27(25(33)28-26(34)29-27)13-12-17-6-8-18(9-7-17)21-4-2-3-5-23(21)31;1-25(20(36)12-21(31)28-25)17-6-3-15(4-7-17)9-10-26(23(33)27-24(34)29-26)14-30-13-16-5-8-18(35-2)11-19(16)22(30)32;1-34-18-7-6-17-13-29(22(31)19(17)12-18)14-25(23(32)27-24(33)28-25)11-10-15-2-4-16(5-3-15)20-8-9-21(30)26-20/h4-7,10-11H,12-14H2,1-3H3,(H,29,33)(H2,28,30,35,36);2-11,14,31H,15-16H2,1H3,(H2,28,29,33,34);3-8,11H,12-14H2,1-2H3,(H,28,31)(H2,27,29,33,34);2-7,12,20H,8-9,13-14H2,1H3,(H,26,30)(H2,27,28,32,33)/t26?,27-;27-;25?,26-;20-,25-/m1111/s1. The number of nitrogens with one attached hydrogen (secondary N) is 11. The number of amides is 19. The zero-order chi connectivity index (χ0) is 101. The molecule has 2 unspecified atom stereocenters. The lowest BCUT2D eigenvalue weighted by atomic mass is 9.87. The second kappa shape index (κ2) is 38.2. The maximum Gasteiger partial charge on any atom is 0.323 e. The highest BCUT2D eigenvalue weighted by molar-refractivity contribution is 7.80. The largest absolute Gasteiger partial charge is 0.507 e. The molecule has 0 aromatic heterocycles. The van der Waals surface area contributed by atoms with Gasteiger partial charge in [-0.3, -0.25) is 78.8 Å². The minimum atomic E-state index is -1.65. The number of thiocarbonyl (C=S) groups is 1. The molecule has 7 fully saturated rings. The van der Waals surface area contributed by atoms with E-state index in [1.807, 2.05) is 67.6 Å². The molecule has 0 spiro atoms. The molecule has 0 radical (unpaired) electrons. The molecule has 716 valence electrons. The molecule has 36 nitrogen and oxygen atoms in total. The Labute approximate surface area is 817 Å². The van der Waals surface area contributed by atoms with Crippen LogP contribution in [-0.4, -0.2) is 201 Å². The number of phenolic OH excluding ortho intramolecular Hbond substituents is 1. The first kappa shape index (κ1) is 95.7. The first-order chi connectivity index (χ1) is 67.9. The van der Waals surface area contributed by atoms with Gasteiger partial charge in [-0.2, -0.15) is 0 Å². The van der Waals surface area contributed by atoms with Gasteiger partial charge >= 0.3 is 24.1 Å². The number of nitrogens with zero attached hydrogens (tertiary/aromatic N) is 4. The van der Waals surface area contributed by atoms with E-state index < -0.39 is 81.0 Å². The Kier molecular flexibility index (Phi) is 25.7. The number of para-hydroxylation sites is 1. The first-order valence-electron chi connectivity index (χ1n) is 44.6. The number of hydrogen-bond donors (Lipinski definition) is 12. The van der Waals surface area contributed by atoms with Crippen LogP contribution >= 0.6 is 12.2 Å². The number of hydrogen-bond acceptors (Lipinski definition) is 22. The Morgan fingerprint density at radius 3 is 1.06 bits per heavy atom. The Morgan fingerprint density at radius 2 is 0.732 bits per heavy atom. The molecule has 37 heteroatoms. The molecular formula is C105H89N15O21S. The summed E-state index contributed by atoms with van der Waals surface area (Å²) in [5.41, 5.74) is 3.97. The van der Waals surface area contributed by atoms with Gasteiger partial charge in [0, 0.05) is 87.5 Å². The average molecular weight is 1930 g/mol. The van der Waals surface area contributed by atoms with Crippen molar-refractivity contribution in [2.45, 2.75) is 112 Å². The molecule has 9 aromatic rings. The molecule has 0 saturated carbocycles. The van der Waals surface area contributed by atoms with Crippen LogP contribution in [0.2, 0.25) is 0 Å². The Morgan fingerprint density at radius 1 is 0.380 bits per heavy atom. The minimum absolute atomic E-state index is 0.0119. The van der Waals surface area contributed by atoms with Crippen LogP contribution in [0.1, 0.15) is 154 Å². The number of benzene rings is 9. The van der Waals surface area contributed by atoms with Crippen molar-refractivity contribution in [1.29, 1.82) is 0 Å². The molecule has 7 saturated heterocycles. The second-order valence-electron chi connectivity index (χ2n) is 35.5. The van der Waals surface area contributed by atoms with Gasteiger partial charge in [0.1, 0.15) is 34.3 Å². The van der Waals surface area contributed by atoms with Crippen LogP contribution in [0.4, 0.5) is 19.2 Å². The van der Waals surface area contributed by atoms with Crippen molar-refractivity contribution in [3.63, 3.8) is 0 Å². The Hall–Kier alpha value is -18.0. The Bertz CT molecular complexity index is 7290. The number of urea groups is 4.